The van der Waals surface area contributed by atoms with Crippen molar-refractivity contribution in [3.63, 3.8) is 0 Å². The molecule has 0 aliphatic rings. The first-order chi connectivity index (χ1) is 20.8. The summed E-state index contributed by atoms with van der Waals surface area (Å²) in [5.41, 5.74) is -0.0127. The monoisotopic (exact) mass is 605 g/mol. The molecular formula is C29H22F3N7O5. The van der Waals surface area contributed by atoms with Crippen LogP contribution in [-0.4, -0.2) is 62.9 Å². The van der Waals surface area contributed by atoms with Crippen LogP contribution in [0.15, 0.2) is 60.9 Å². The summed E-state index contributed by atoms with van der Waals surface area (Å²) < 4.78 is 42.4. The Hall–Kier alpha value is -5.73. The Balaban J connectivity index is 1.55. The quantitative estimate of drug-likeness (QED) is 0.211. The predicted octanol–water partition coefficient (Wildman–Crippen LogP) is 5.28. The SMILES string of the molecule is CCCC(=O)c1cc(-c2cn(-c3ccc(C)c(C(=O)O)c3)nn2)nc(-c2cn(-c3ccc(C(F)(F)F)c(C(=O)O)c3)nn2)c1. The zero-order valence-electron chi connectivity index (χ0n) is 23.1. The summed E-state index contributed by atoms with van der Waals surface area (Å²) in [6.45, 7) is 3.52. The minimum atomic E-state index is -4.87. The van der Waals surface area contributed by atoms with Crippen molar-refractivity contribution in [1.29, 1.82) is 0 Å². The van der Waals surface area contributed by atoms with E-state index in [9.17, 15) is 37.8 Å². The maximum atomic E-state index is 13.3. The van der Waals surface area contributed by atoms with Crippen LogP contribution in [0, 0.1) is 6.92 Å². The topological polar surface area (TPSA) is 166 Å². The first kappa shape index (κ1) is 29.8. The molecule has 44 heavy (non-hydrogen) atoms. The number of halogens is 3. The van der Waals surface area contributed by atoms with E-state index in [2.05, 4.69) is 25.6 Å². The zero-order valence-corrected chi connectivity index (χ0v) is 23.1. The molecule has 0 amide bonds. The zero-order chi connectivity index (χ0) is 31.8. The number of ketones is 1. The van der Waals surface area contributed by atoms with Crippen molar-refractivity contribution in [3.8, 4) is 34.2 Å². The van der Waals surface area contributed by atoms with E-state index in [0.717, 1.165) is 16.8 Å². The van der Waals surface area contributed by atoms with Gasteiger partial charge in [0, 0.05) is 12.0 Å². The molecule has 3 heterocycles. The molecule has 0 bridgehead atoms. The van der Waals surface area contributed by atoms with Gasteiger partial charge < -0.3 is 10.2 Å². The fourth-order valence-electron chi connectivity index (χ4n) is 4.42. The number of aryl methyl sites for hydroxylation is 1. The number of carboxylic acids is 2. The van der Waals surface area contributed by atoms with Crippen LogP contribution >= 0.6 is 0 Å². The number of carbonyl (C=O) groups excluding carboxylic acids is 1. The summed E-state index contributed by atoms with van der Waals surface area (Å²) in [7, 11) is 0. The number of alkyl halides is 3. The van der Waals surface area contributed by atoms with Crippen molar-refractivity contribution in [2.75, 3.05) is 0 Å². The van der Waals surface area contributed by atoms with E-state index in [0.29, 0.717) is 29.3 Å². The van der Waals surface area contributed by atoms with Gasteiger partial charge >= 0.3 is 18.1 Å². The molecule has 5 rings (SSSR count). The molecule has 0 aliphatic carbocycles. The molecule has 2 N–H and O–H groups in total. The van der Waals surface area contributed by atoms with Crippen LogP contribution in [0.4, 0.5) is 13.2 Å². The second-order valence-corrected chi connectivity index (χ2v) is 9.73. The third-order valence-electron chi connectivity index (χ3n) is 6.66. The van der Waals surface area contributed by atoms with E-state index in [1.165, 1.54) is 35.3 Å². The Morgan fingerprint density at radius 3 is 1.80 bits per heavy atom. The van der Waals surface area contributed by atoms with E-state index in [1.54, 1.807) is 19.1 Å². The molecule has 0 saturated heterocycles. The molecule has 5 aromatic rings. The highest BCUT2D eigenvalue weighted by Crippen LogP contribution is 2.33. The van der Waals surface area contributed by atoms with Crippen LogP contribution in [-0.2, 0) is 6.18 Å². The minimum absolute atomic E-state index is 0.00867. The van der Waals surface area contributed by atoms with Gasteiger partial charge in [0.2, 0.25) is 0 Å². The number of hydrogen-bond acceptors (Lipinski definition) is 8. The van der Waals surface area contributed by atoms with Crippen LogP contribution in [0.1, 0.15) is 62.0 Å². The van der Waals surface area contributed by atoms with Crippen LogP contribution in [0.3, 0.4) is 0 Å². The minimum Gasteiger partial charge on any atom is -0.478 e. The molecule has 0 saturated carbocycles. The Kier molecular flexibility index (Phi) is 7.78. The Morgan fingerprint density at radius 1 is 0.773 bits per heavy atom. The lowest BCUT2D eigenvalue weighted by atomic mass is 10.0. The molecule has 0 aliphatic heterocycles. The maximum absolute atomic E-state index is 13.3. The van der Waals surface area contributed by atoms with Crippen LogP contribution in [0.5, 0.6) is 0 Å². The van der Waals surface area contributed by atoms with E-state index in [1.807, 2.05) is 6.92 Å². The van der Waals surface area contributed by atoms with Gasteiger partial charge in [-0.3, -0.25) is 4.79 Å². The molecule has 2 aromatic carbocycles. The second kappa shape index (κ2) is 11.5. The first-order valence-corrected chi connectivity index (χ1v) is 13.1. The summed E-state index contributed by atoms with van der Waals surface area (Å²) in [6.07, 6.45) is -1.19. The van der Waals surface area contributed by atoms with E-state index in [4.69, 9.17) is 0 Å². The van der Waals surface area contributed by atoms with Gasteiger partial charge in [0.05, 0.1) is 51.8 Å². The van der Waals surface area contributed by atoms with Gasteiger partial charge in [-0.05, 0) is 61.4 Å². The maximum Gasteiger partial charge on any atom is 0.417 e. The van der Waals surface area contributed by atoms with Crippen LogP contribution in [0.25, 0.3) is 34.2 Å². The Labute approximate surface area is 246 Å². The van der Waals surface area contributed by atoms with Gasteiger partial charge in [-0.1, -0.05) is 23.4 Å². The molecule has 0 atom stereocenters. The largest absolute Gasteiger partial charge is 0.478 e. The highest BCUT2D eigenvalue weighted by atomic mass is 19.4. The number of rotatable bonds is 9. The van der Waals surface area contributed by atoms with Gasteiger partial charge in [-0.2, -0.15) is 13.2 Å². The fraction of sp³-hybridized carbons (Fsp3) is 0.172. The average molecular weight is 606 g/mol. The third kappa shape index (κ3) is 5.92. The highest BCUT2D eigenvalue weighted by Gasteiger charge is 2.35. The molecule has 0 unspecified atom stereocenters. The number of carbonyl (C=O) groups is 3. The van der Waals surface area contributed by atoms with Crippen molar-refractivity contribution in [2.45, 2.75) is 32.9 Å². The summed E-state index contributed by atoms with van der Waals surface area (Å²) in [5.74, 6) is -3.04. The standard InChI is InChI=1S/C29H22F3N7O5/c1-3-4-26(40)16-9-22(24-13-38(36-34-24)17-6-5-15(2)19(11-17)27(41)42)33-23(10-16)25-14-39(37-35-25)18-7-8-21(29(30,31)32)20(12-18)28(43)44/h5-14H,3-4H2,1-2H3,(H,41,42)(H,43,44). The third-order valence-corrected chi connectivity index (χ3v) is 6.66. The van der Waals surface area contributed by atoms with Crippen molar-refractivity contribution in [2.24, 2.45) is 0 Å². The lowest BCUT2D eigenvalue weighted by Crippen LogP contribution is -2.13. The number of carboxylic acid groups (broad SMARTS) is 2. The fourth-order valence-corrected chi connectivity index (χ4v) is 4.42. The van der Waals surface area contributed by atoms with Crippen molar-refractivity contribution >= 4 is 17.7 Å². The molecule has 224 valence electrons. The van der Waals surface area contributed by atoms with Gasteiger partial charge in [0.25, 0.3) is 0 Å². The summed E-state index contributed by atoms with van der Waals surface area (Å²) in [4.78, 5) is 40.6. The van der Waals surface area contributed by atoms with E-state index < -0.39 is 29.2 Å². The molecular weight excluding hydrogens is 583 g/mol. The highest BCUT2D eigenvalue weighted by molar-refractivity contribution is 5.97. The number of benzene rings is 2. The average Bonchev–Trinajstić information content (AvgIpc) is 3.67. The number of aromatic nitrogens is 7. The first-order valence-electron chi connectivity index (χ1n) is 13.1. The summed E-state index contributed by atoms with van der Waals surface area (Å²) >= 11 is 0. The number of hydrogen-bond donors (Lipinski definition) is 2. The van der Waals surface area contributed by atoms with Crippen molar-refractivity contribution in [1.82, 2.24) is 35.0 Å². The van der Waals surface area contributed by atoms with Crippen LogP contribution < -0.4 is 0 Å². The van der Waals surface area contributed by atoms with E-state index >= 15 is 0 Å². The Morgan fingerprint density at radius 2 is 1.30 bits per heavy atom. The number of nitrogens with zero attached hydrogens (tertiary/aromatic N) is 7. The van der Waals surface area contributed by atoms with Gasteiger partial charge in [-0.25, -0.2) is 23.9 Å². The van der Waals surface area contributed by atoms with E-state index in [-0.39, 0.29) is 46.2 Å². The Bertz CT molecular complexity index is 1930. The van der Waals surface area contributed by atoms with Gasteiger partial charge in [0.15, 0.2) is 5.78 Å². The smallest absolute Gasteiger partial charge is 0.417 e. The molecule has 0 fully saturated rings. The molecule has 15 heteroatoms. The number of aromatic carboxylic acids is 2. The normalized spacial score (nSPS) is 11.5. The van der Waals surface area contributed by atoms with Crippen molar-refractivity contribution in [3.05, 3.63) is 88.7 Å². The van der Waals surface area contributed by atoms with Crippen molar-refractivity contribution < 1.29 is 37.8 Å². The molecule has 3 aromatic heterocycles. The second-order valence-electron chi connectivity index (χ2n) is 9.73. The number of pyridine rings is 1. The lowest BCUT2D eigenvalue weighted by Gasteiger charge is -2.11. The molecule has 12 nitrogen and oxygen atoms in total. The molecule has 0 radical (unpaired) electrons. The summed E-state index contributed by atoms with van der Waals surface area (Å²) in [5, 5.41) is 35.0. The van der Waals surface area contributed by atoms with Crippen LogP contribution in [0.2, 0.25) is 0 Å². The number of Topliss-reactive ketones (excluding diaryl/α,β-unsaturated/α-hetero) is 1. The predicted molar refractivity (Wildman–Crippen MR) is 148 cm³/mol. The van der Waals surface area contributed by atoms with Gasteiger partial charge in [-0.15, -0.1) is 10.2 Å². The summed E-state index contributed by atoms with van der Waals surface area (Å²) in [6, 6.07) is 10.3. The lowest BCUT2D eigenvalue weighted by molar-refractivity contribution is -0.138. The molecule has 0 spiro atoms. The van der Waals surface area contributed by atoms with Gasteiger partial charge in [0.1, 0.15) is 11.4 Å².